The fourth-order valence-corrected chi connectivity index (χ4v) is 2.86. The molecule has 1 unspecified atom stereocenters. The number of methoxy groups -OCH3 is 1. The van der Waals surface area contributed by atoms with Crippen LogP contribution in [0.4, 0.5) is 5.69 Å². The molecular formula is C16H19N3O4. The Kier molecular flexibility index (Phi) is 5.16. The highest BCUT2D eigenvalue weighted by Gasteiger charge is 2.25. The van der Waals surface area contributed by atoms with Crippen LogP contribution in [-0.2, 0) is 22.4 Å². The van der Waals surface area contributed by atoms with Gasteiger partial charge in [0.05, 0.1) is 24.8 Å². The van der Waals surface area contributed by atoms with Crippen LogP contribution in [0.5, 0.6) is 0 Å². The van der Waals surface area contributed by atoms with E-state index in [1.807, 2.05) is 11.0 Å². The summed E-state index contributed by atoms with van der Waals surface area (Å²) in [5.41, 5.74) is 3.17. The van der Waals surface area contributed by atoms with Gasteiger partial charge in [0.2, 0.25) is 6.04 Å². The van der Waals surface area contributed by atoms with Crippen molar-refractivity contribution in [1.29, 1.82) is 5.26 Å². The lowest BCUT2D eigenvalue weighted by atomic mass is 9.99. The van der Waals surface area contributed by atoms with E-state index in [4.69, 9.17) is 0 Å². The van der Waals surface area contributed by atoms with Crippen LogP contribution in [0.1, 0.15) is 30.0 Å². The van der Waals surface area contributed by atoms with Crippen molar-refractivity contribution in [1.82, 2.24) is 0 Å². The number of nitro groups is 1. The van der Waals surface area contributed by atoms with Crippen molar-refractivity contribution in [3.63, 3.8) is 0 Å². The molecule has 1 aromatic rings. The van der Waals surface area contributed by atoms with E-state index in [0.717, 1.165) is 29.8 Å². The number of carbonyl (C=O) groups excluding carboxylic acids is 1. The Morgan fingerprint density at radius 3 is 2.91 bits per heavy atom. The molecule has 0 amide bonds. The van der Waals surface area contributed by atoms with Gasteiger partial charge in [0.1, 0.15) is 6.07 Å². The first-order valence-electron chi connectivity index (χ1n) is 7.47. The fourth-order valence-electron chi connectivity index (χ4n) is 2.86. The van der Waals surface area contributed by atoms with Crippen molar-refractivity contribution in [2.24, 2.45) is 0 Å². The SMILES string of the molecule is COC(=O)CCN1CCc2cc(CC(C)[N+](=O)[O-])cc(C#N)c21. The zero-order chi connectivity index (χ0) is 17.0. The summed E-state index contributed by atoms with van der Waals surface area (Å²) in [6, 6.07) is 5.15. The highest BCUT2D eigenvalue weighted by atomic mass is 16.6. The van der Waals surface area contributed by atoms with Crippen molar-refractivity contribution >= 4 is 11.7 Å². The van der Waals surface area contributed by atoms with Gasteiger partial charge in [0, 0.05) is 31.4 Å². The Balaban J connectivity index is 2.22. The van der Waals surface area contributed by atoms with E-state index in [1.54, 1.807) is 13.0 Å². The number of nitrogens with zero attached hydrogens (tertiary/aromatic N) is 3. The number of rotatable bonds is 6. The first-order chi connectivity index (χ1) is 11.0. The lowest BCUT2D eigenvalue weighted by Gasteiger charge is -2.20. The molecule has 0 bridgehead atoms. The van der Waals surface area contributed by atoms with Gasteiger partial charge in [0.15, 0.2) is 0 Å². The van der Waals surface area contributed by atoms with Gasteiger partial charge in [-0.3, -0.25) is 14.9 Å². The molecular weight excluding hydrogens is 298 g/mol. The Labute approximate surface area is 134 Å². The maximum absolute atomic E-state index is 11.3. The minimum absolute atomic E-state index is 0.265. The maximum Gasteiger partial charge on any atom is 0.307 e. The number of fused-ring (bicyclic) bond motifs is 1. The fraction of sp³-hybridized carbons (Fsp3) is 0.500. The Morgan fingerprint density at radius 1 is 1.57 bits per heavy atom. The number of anilines is 1. The van der Waals surface area contributed by atoms with E-state index in [9.17, 15) is 20.2 Å². The van der Waals surface area contributed by atoms with E-state index in [-0.39, 0.29) is 17.3 Å². The second-order valence-corrected chi connectivity index (χ2v) is 5.66. The predicted octanol–water partition coefficient (Wildman–Crippen LogP) is 1.69. The van der Waals surface area contributed by atoms with Crippen LogP contribution in [0.2, 0.25) is 0 Å². The molecule has 0 radical (unpaired) electrons. The third kappa shape index (κ3) is 3.77. The molecule has 1 heterocycles. The van der Waals surface area contributed by atoms with E-state index in [0.29, 0.717) is 18.5 Å². The molecule has 0 saturated carbocycles. The number of hydrogen-bond donors (Lipinski definition) is 0. The number of benzene rings is 1. The molecule has 1 atom stereocenters. The molecule has 23 heavy (non-hydrogen) atoms. The highest BCUT2D eigenvalue weighted by Crippen LogP contribution is 2.33. The number of carbonyl (C=O) groups is 1. The van der Waals surface area contributed by atoms with Crippen LogP contribution in [0, 0.1) is 21.4 Å². The number of hydrogen-bond acceptors (Lipinski definition) is 6. The van der Waals surface area contributed by atoms with Crippen molar-refractivity contribution in [3.8, 4) is 6.07 Å². The van der Waals surface area contributed by atoms with Crippen LogP contribution >= 0.6 is 0 Å². The predicted molar refractivity (Wildman–Crippen MR) is 83.9 cm³/mol. The molecule has 0 aromatic heterocycles. The standard InChI is InChI=1S/C16H19N3O4/c1-11(19(21)22)7-12-8-13-3-5-18(6-4-15(20)23-2)16(13)14(9-12)10-17/h8-9,11H,3-7H2,1-2H3. The third-order valence-corrected chi connectivity index (χ3v) is 4.04. The summed E-state index contributed by atoms with van der Waals surface area (Å²) < 4.78 is 4.65. The van der Waals surface area contributed by atoms with Crippen LogP contribution in [0.25, 0.3) is 0 Å². The van der Waals surface area contributed by atoms with Gasteiger partial charge in [-0.2, -0.15) is 5.26 Å². The first kappa shape index (κ1) is 16.7. The van der Waals surface area contributed by atoms with Crippen LogP contribution in [0.15, 0.2) is 12.1 Å². The number of nitriles is 1. The molecule has 7 heteroatoms. The van der Waals surface area contributed by atoms with Crippen LogP contribution in [0.3, 0.4) is 0 Å². The van der Waals surface area contributed by atoms with Gasteiger partial charge in [-0.05, 0) is 23.6 Å². The molecule has 2 rings (SSSR count). The molecule has 0 N–H and O–H groups in total. The minimum Gasteiger partial charge on any atom is -0.469 e. The Bertz CT molecular complexity index is 666. The largest absolute Gasteiger partial charge is 0.469 e. The third-order valence-electron chi connectivity index (χ3n) is 4.04. The minimum atomic E-state index is -0.684. The number of esters is 1. The molecule has 1 aromatic carbocycles. The summed E-state index contributed by atoms with van der Waals surface area (Å²) in [7, 11) is 1.35. The summed E-state index contributed by atoms with van der Waals surface area (Å²) >= 11 is 0. The van der Waals surface area contributed by atoms with Gasteiger partial charge in [-0.1, -0.05) is 6.07 Å². The molecule has 122 valence electrons. The summed E-state index contributed by atoms with van der Waals surface area (Å²) in [6.45, 7) is 2.79. The molecule has 0 saturated heterocycles. The topological polar surface area (TPSA) is 96.5 Å². The number of ether oxygens (including phenoxy) is 1. The molecule has 1 aliphatic heterocycles. The van der Waals surface area contributed by atoms with Crippen molar-refractivity contribution in [2.75, 3.05) is 25.1 Å². The highest BCUT2D eigenvalue weighted by molar-refractivity contribution is 5.72. The molecule has 0 aliphatic carbocycles. The summed E-state index contributed by atoms with van der Waals surface area (Å²) in [5.74, 6) is -0.284. The summed E-state index contributed by atoms with van der Waals surface area (Å²) in [5, 5.41) is 20.2. The van der Waals surface area contributed by atoms with Gasteiger partial charge in [-0.25, -0.2) is 0 Å². The van der Waals surface area contributed by atoms with Gasteiger partial charge >= 0.3 is 5.97 Å². The first-order valence-corrected chi connectivity index (χ1v) is 7.47. The second kappa shape index (κ2) is 7.09. The smallest absolute Gasteiger partial charge is 0.307 e. The zero-order valence-electron chi connectivity index (χ0n) is 13.2. The van der Waals surface area contributed by atoms with E-state index in [2.05, 4.69) is 10.8 Å². The lowest BCUT2D eigenvalue weighted by Crippen LogP contribution is -2.25. The Hall–Kier alpha value is -2.62. The average Bonchev–Trinajstić information content (AvgIpc) is 2.94. The van der Waals surface area contributed by atoms with Gasteiger partial charge < -0.3 is 9.64 Å². The average molecular weight is 317 g/mol. The van der Waals surface area contributed by atoms with Crippen LogP contribution < -0.4 is 4.90 Å². The van der Waals surface area contributed by atoms with Crippen molar-refractivity contribution in [2.45, 2.75) is 32.2 Å². The zero-order valence-corrected chi connectivity index (χ0v) is 13.2. The molecule has 7 nitrogen and oxygen atoms in total. The second-order valence-electron chi connectivity index (χ2n) is 5.66. The van der Waals surface area contributed by atoms with Crippen LogP contribution in [-0.4, -0.2) is 37.1 Å². The quantitative estimate of drug-likeness (QED) is 0.450. The van der Waals surface area contributed by atoms with Crippen molar-refractivity contribution in [3.05, 3.63) is 38.9 Å². The normalized spacial score (nSPS) is 14.0. The van der Waals surface area contributed by atoms with Gasteiger partial charge in [0.25, 0.3) is 0 Å². The van der Waals surface area contributed by atoms with E-state index < -0.39 is 6.04 Å². The van der Waals surface area contributed by atoms with E-state index in [1.165, 1.54) is 7.11 Å². The monoisotopic (exact) mass is 317 g/mol. The maximum atomic E-state index is 11.3. The summed E-state index contributed by atoms with van der Waals surface area (Å²) in [6.07, 6.45) is 1.34. The summed E-state index contributed by atoms with van der Waals surface area (Å²) in [4.78, 5) is 23.8. The lowest BCUT2D eigenvalue weighted by molar-refractivity contribution is -0.517. The Morgan fingerprint density at radius 2 is 2.30 bits per heavy atom. The van der Waals surface area contributed by atoms with Gasteiger partial charge in [-0.15, -0.1) is 0 Å². The molecule has 1 aliphatic rings. The van der Waals surface area contributed by atoms with Crippen molar-refractivity contribution < 1.29 is 14.5 Å². The molecule has 0 fully saturated rings. The molecule has 0 spiro atoms. The van der Waals surface area contributed by atoms with E-state index >= 15 is 0 Å².